The molecule has 20 heavy (non-hydrogen) atoms. The van der Waals surface area contributed by atoms with Crippen LogP contribution in [0.3, 0.4) is 0 Å². The molecule has 0 aliphatic rings. The van der Waals surface area contributed by atoms with Gasteiger partial charge < -0.3 is 10.5 Å². The molecule has 0 saturated carbocycles. The molecule has 0 saturated heterocycles. The second kappa shape index (κ2) is 6.97. The first kappa shape index (κ1) is 15.2. The lowest BCUT2D eigenvalue weighted by molar-refractivity contribution is 0.360. The minimum Gasteiger partial charge on any atom is -0.488 e. The highest BCUT2D eigenvalue weighted by molar-refractivity contribution is 14.1. The van der Waals surface area contributed by atoms with Gasteiger partial charge in [0.05, 0.1) is 9.78 Å². The summed E-state index contributed by atoms with van der Waals surface area (Å²) in [5.74, 6) is 0.858. The number of nitrogen functional groups attached to an aromatic ring is 1. The molecule has 0 aliphatic carbocycles. The van der Waals surface area contributed by atoms with Gasteiger partial charge in [-0.2, -0.15) is 5.10 Å². The highest BCUT2D eigenvalue weighted by Gasteiger charge is 2.09. The Morgan fingerprint density at radius 2 is 2.25 bits per heavy atom. The summed E-state index contributed by atoms with van der Waals surface area (Å²) in [6.07, 6.45) is 3.30. The van der Waals surface area contributed by atoms with Crippen molar-refractivity contribution in [3.8, 4) is 5.75 Å². The number of rotatable bonds is 5. The van der Waals surface area contributed by atoms with Crippen molar-refractivity contribution < 1.29 is 4.74 Å². The van der Waals surface area contributed by atoms with Gasteiger partial charge in [-0.3, -0.25) is 0 Å². The Balaban J connectivity index is 2.36. The first-order chi connectivity index (χ1) is 9.61. The van der Waals surface area contributed by atoms with Crippen LogP contribution < -0.4 is 10.5 Å². The van der Waals surface area contributed by atoms with E-state index in [0.29, 0.717) is 6.61 Å². The van der Waals surface area contributed by atoms with Crippen LogP contribution >= 0.6 is 45.2 Å². The van der Waals surface area contributed by atoms with Gasteiger partial charge in [0, 0.05) is 9.13 Å². The molecule has 1 aromatic heterocycles. The predicted molar refractivity (Wildman–Crippen MR) is 92.8 cm³/mol. The van der Waals surface area contributed by atoms with Crippen molar-refractivity contribution in [2.24, 2.45) is 5.10 Å². The summed E-state index contributed by atoms with van der Waals surface area (Å²) in [6.45, 7) is 4.06. The normalized spacial score (nSPS) is 10.9. The number of ether oxygens (including phenoxy) is 1. The lowest BCUT2D eigenvalue weighted by Gasteiger charge is -2.10. The molecule has 0 fully saturated rings. The zero-order valence-electron chi connectivity index (χ0n) is 10.2. The van der Waals surface area contributed by atoms with E-state index in [1.165, 1.54) is 0 Å². The van der Waals surface area contributed by atoms with Crippen LogP contribution in [0.25, 0.3) is 0 Å². The van der Waals surface area contributed by atoms with E-state index in [4.69, 9.17) is 10.5 Å². The summed E-state index contributed by atoms with van der Waals surface area (Å²) in [4.78, 5) is 1.14. The third-order valence-corrected chi connectivity index (χ3v) is 3.59. The van der Waals surface area contributed by atoms with Crippen molar-refractivity contribution in [2.75, 3.05) is 12.3 Å². The molecule has 1 aromatic carbocycles. The van der Waals surface area contributed by atoms with E-state index >= 15 is 0 Å². The van der Waals surface area contributed by atoms with Crippen LogP contribution in [0.4, 0.5) is 5.95 Å². The maximum atomic E-state index is 5.66. The zero-order valence-corrected chi connectivity index (χ0v) is 14.5. The number of halogens is 2. The van der Waals surface area contributed by atoms with E-state index in [9.17, 15) is 0 Å². The Morgan fingerprint density at radius 1 is 1.45 bits per heavy atom. The number of anilines is 1. The van der Waals surface area contributed by atoms with E-state index in [2.05, 4.69) is 72.4 Å². The molecule has 0 spiro atoms. The summed E-state index contributed by atoms with van der Waals surface area (Å²) in [5, 5.41) is 14.7. The third kappa shape index (κ3) is 3.65. The molecule has 7 nitrogen and oxygen atoms in total. The Labute approximate surface area is 142 Å². The fraction of sp³-hybridized carbons (Fsp3) is 0.0909. The molecule has 0 atom stereocenters. The topological polar surface area (TPSA) is 91.2 Å². The average molecular weight is 496 g/mol. The van der Waals surface area contributed by atoms with Crippen LogP contribution in [0.5, 0.6) is 5.75 Å². The zero-order chi connectivity index (χ0) is 14.5. The molecule has 2 N–H and O–H groups in total. The summed E-state index contributed by atoms with van der Waals surface area (Å²) in [6, 6.07) is 3.97. The minimum atomic E-state index is 0.120. The SMILES string of the molecule is C=CCOc1c(I)cc(I)cc1C=Nn1nnnc1N. The van der Waals surface area contributed by atoms with Crippen molar-refractivity contribution in [3.63, 3.8) is 0 Å². The van der Waals surface area contributed by atoms with Crippen molar-refractivity contribution in [3.05, 3.63) is 37.5 Å². The number of benzene rings is 1. The standard InChI is InChI=1S/C11H10I2N6O/c1-2-3-20-10-7(4-8(12)5-9(10)13)6-15-19-11(14)16-17-18-19/h2,4-6H,1,3H2,(H2,14,16,18). The molecular formula is C11H10I2N6O. The predicted octanol–water partition coefficient (Wildman–Crippen LogP) is 1.91. The Kier molecular flexibility index (Phi) is 5.28. The molecule has 0 unspecified atom stereocenters. The van der Waals surface area contributed by atoms with Crippen molar-refractivity contribution in [1.82, 2.24) is 20.3 Å². The van der Waals surface area contributed by atoms with Crippen molar-refractivity contribution in [2.45, 2.75) is 0 Å². The lowest BCUT2D eigenvalue weighted by Crippen LogP contribution is -2.03. The van der Waals surface area contributed by atoms with Crippen molar-refractivity contribution >= 4 is 57.3 Å². The Morgan fingerprint density at radius 3 is 2.90 bits per heavy atom. The van der Waals surface area contributed by atoms with Gasteiger partial charge in [0.2, 0.25) is 0 Å². The van der Waals surface area contributed by atoms with E-state index in [1.54, 1.807) is 12.3 Å². The van der Waals surface area contributed by atoms with Gasteiger partial charge >= 0.3 is 0 Å². The van der Waals surface area contributed by atoms with Gasteiger partial charge in [-0.15, -0.1) is 0 Å². The number of tetrazole rings is 1. The molecule has 1 heterocycles. The Bertz CT molecular complexity index is 654. The van der Waals surface area contributed by atoms with Crippen LogP contribution in [-0.4, -0.2) is 33.1 Å². The fourth-order valence-corrected chi connectivity index (χ4v) is 3.40. The van der Waals surface area contributed by atoms with Crippen LogP contribution in [-0.2, 0) is 0 Å². The molecule has 0 amide bonds. The number of nitrogens with two attached hydrogens (primary N) is 1. The quantitative estimate of drug-likeness (QED) is 0.388. The van der Waals surface area contributed by atoms with Gasteiger partial charge in [-0.1, -0.05) is 22.5 Å². The first-order valence-electron chi connectivity index (χ1n) is 5.42. The molecule has 2 rings (SSSR count). The number of hydrogen-bond acceptors (Lipinski definition) is 6. The molecule has 0 bridgehead atoms. The van der Waals surface area contributed by atoms with E-state index in [0.717, 1.165) is 23.2 Å². The second-order valence-corrected chi connectivity index (χ2v) is 5.98. The number of aromatic nitrogens is 4. The molecule has 9 heteroatoms. The maximum absolute atomic E-state index is 5.66. The van der Waals surface area contributed by atoms with Crippen LogP contribution in [0.2, 0.25) is 0 Å². The van der Waals surface area contributed by atoms with Crippen molar-refractivity contribution in [1.29, 1.82) is 0 Å². The van der Waals surface area contributed by atoms with E-state index in [-0.39, 0.29) is 5.95 Å². The maximum Gasteiger partial charge on any atom is 0.263 e. The minimum absolute atomic E-state index is 0.120. The molecular weight excluding hydrogens is 486 g/mol. The van der Waals surface area contributed by atoms with Gasteiger partial charge in [0.1, 0.15) is 12.4 Å². The number of nitrogens with zero attached hydrogens (tertiary/aromatic N) is 5. The smallest absolute Gasteiger partial charge is 0.263 e. The fourth-order valence-electron chi connectivity index (χ4n) is 1.36. The molecule has 104 valence electrons. The van der Waals surface area contributed by atoms with Gasteiger partial charge in [-0.05, 0) is 67.7 Å². The number of hydrogen-bond donors (Lipinski definition) is 1. The Hall–Kier alpha value is -1.24. The molecule has 0 aliphatic heterocycles. The van der Waals surface area contributed by atoms with Crippen LogP contribution in [0.1, 0.15) is 5.56 Å². The lowest BCUT2D eigenvalue weighted by atomic mass is 10.2. The second-order valence-electron chi connectivity index (χ2n) is 3.58. The summed E-state index contributed by atoms with van der Waals surface area (Å²) < 4.78 is 7.72. The van der Waals surface area contributed by atoms with Crippen LogP contribution in [0.15, 0.2) is 29.9 Å². The van der Waals surface area contributed by atoms with Gasteiger partial charge in [0.15, 0.2) is 0 Å². The van der Waals surface area contributed by atoms with E-state index in [1.807, 2.05) is 12.1 Å². The average Bonchev–Trinajstić information content (AvgIpc) is 2.80. The summed E-state index contributed by atoms with van der Waals surface area (Å²) in [7, 11) is 0. The van der Waals surface area contributed by atoms with Crippen LogP contribution in [0, 0.1) is 7.14 Å². The highest BCUT2D eigenvalue weighted by atomic mass is 127. The van der Waals surface area contributed by atoms with E-state index < -0.39 is 0 Å². The molecule has 0 radical (unpaired) electrons. The van der Waals surface area contributed by atoms with Gasteiger partial charge in [0.25, 0.3) is 5.95 Å². The monoisotopic (exact) mass is 496 g/mol. The third-order valence-electron chi connectivity index (χ3n) is 2.17. The largest absolute Gasteiger partial charge is 0.488 e. The highest BCUT2D eigenvalue weighted by Crippen LogP contribution is 2.27. The summed E-state index contributed by atoms with van der Waals surface area (Å²) >= 11 is 4.44. The molecule has 2 aromatic rings. The first-order valence-corrected chi connectivity index (χ1v) is 7.58. The summed E-state index contributed by atoms with van der Waals surface area (Å²) in [5.41, 5.74) is 6.37. The van der Waals surface area contributed by atoms with Gasteiger partial charge in [-0.25, -0.2) is 0 Å².